The van der Waals surface area contributed by atoms with E-state index in [0.717, 1.165) is 25.7 Å². The van der Waals surface area contributed by atoms with Crippen LogP contribution >= 0.6 is 0 Å². The lowest BCUT2D eigenvalue weighted by Crippen LogP contribution is -2.41. The lowest BCUT2D eigenvalue weighted by molar-refractivity contribution is 0.0502. The molecule has 1 unspecified atom stereocenters. The molecule has 1 aliphatic heterocycles. The summed E-state index contributed by atoms with van der Waals surface area (Å²) in [5.74, 6) is 0.814. The van der Waals surface area contributed by atoms with Gasteiger partial charge in [-0.05, 0) is 32.2 Å². The highest BCUT2D eigenvalue weighted by molar-refractivity contribution is 4.73. The Bertz CT molecular complexity index is 158. The molecule has 2 N–H and O–H groups in total. The van der Waals surface area contributed by atoms with Gasteiger partial charge in [0.2, 0.25) is 0 Å². The van der Waals surface area contributed by atoms with Crippen molar-refractivity contribution >= 4 is 0 Å². The third-order valence-electron chi connectivity index (χ3n) is 3.40. The second kappa shape index (κ2) is 7.20. The van der Waals surface area contributed by atoms with E-state index in [0.29, 0.717) is 6.04 Å². The lowest BCUT2D eigenvalue weighted by Gasteiger charge is -2.32. The molecule has 1 heterocycles. The molecular weight excluding hydrogens is 188 g/mol. The summed E-state index contributed by atoms with van der Waals surface area (Å²) in [5.41, 5.74) is 5.80. The molecule has 90 valence electrons. The Balaban J connectivity index is 2.27. The highest BCUT2D eigenvalue weighted by Crippen LogP contribution is 2.17. The molecular formula is C12H26N2O. The zero-order valence-corrected chi connectivity index (χ0v) is 10.2. The molecule has 3 heteroatoms. The number of hydrogen-bond donors (Lipinski definition) is 1. The highest BCUT2D eigenvalue weighted by atomic mass is 16.5. The van der Waals surface area contributed by atoms with Gasteiger partial charge in [0.05, 0.1) is 0 Å². The zero-order valence-electron chi connectivity index (χ0n) is 10.2. The Morgan fingerprint density at radius 3 is 2.60 bits per heavy atom. The minimum Gasteiger partial charge on any atom is -0.381 e. The van der Waals surface area contributed by atoms with Gasteiger partial charge >= 0.3 is 0 Å². The predicted octanol–water partition coefficient (Wildman–Crippen LogP) is 1.47. The van der Waals surface area contributed by atoms with Crippen molar-refractivity contribution in [3.8, 4) is 0 Å². The van der Waals surface area contributed by atoms with E-state index in [9.17, 15) is 0 Å². The summed E-state index contributed by atoms with van der Waals surface area (Å²) >= 11 is 0. The van der Waals surface area contributed by atoms with E-state index in [1.807, 2.05) is 0 Å². The van der Waals surface area contributed by atoms with Gasteiger partial charge in [0, 0.05) is 32.3 Å². The first-order valence-corrected chi connectivity index (χ1v) is 6.26. The van der Waals surface area contributed by atoms with Crippen LogP contribution < -0.4 is 5.73 Å². The standard InChI is InChI=1S/C12H26N2O/c1-3-4-12(9-13)14(2)10-11-5-7-15-8-6-11/h11-12H,3-10,13H2,1-2H3. The minimum absolute atomic E-state index is 0.567. The van der Waals surface area contributed by atoms with Crippen molar-refractivity contribution in [3.63, 3.8) is 0 Å². The third kappa shape index (κ3) is 4.49. The fourth-order valence-corrected chi connectivity index (χ4v) is 2.34. The van der Waals surface area contributed by atoms with Crippen molar-refractivity contribution in [1.29, 1.82) is 0 Å². The van der Waals surface area contributed by atoms with Gasteiger partial charge < -0.3 is 15.4 Å². The van der Waals surface area contributed by atoms with E-state index < -0.39 is 0 Å². The summed E-state index contributed by atoms with van der Waals surface area (Å²) in [5, 5.41) is 0. The van der Waals surface area contributed by atoms with Gasteiger partial charge in [0.15, 0.2) is 0 Å². The van der Waals surface area contributed by atoms with Crippen LogP contribution in [0.5, 0.6) is 0 Å². The largest absolute Gasteiger partial charge is 0.381 e. The van der Waals surface area contributed by atoms with E-state index >= 15 is 0 Å². The average Bonchev–Trinajstić information content (AvgIpc) is 2.27. The Morgan fingerprint density at radius 1 is 1.40 bits per heavy atom. The summed E-state index contributed by atoms with van der Waals surface area (Å²) < 4.78 is 5.37. The second-order valence-electron chi connectivity index (χ2n) is 4.67. The maximum Gasteiger partial charge on any atom is 0.0469 e. The fraction of sp³-hybridized carbons (Fsp3) is 1.00. The second-order valence-corrected chi connectivity index (χ2v) is 4.67. The van der Waals surface area contributed by atoms with Gasteiger partial charge in [-0.2, -0.15) is 0 Å². The van der Waals surface area contributed by atoms with Crippen LogP contribution in [0.3, 0.4) is 0 Å². The summed E-state index contributed by atoms with van der Waals surface area (Å²) in [6.45, 7) is 6.09. The highest BCUT2D eigenvalue weighted by Gasteiger charge is 2.19. The SMILES string of the molecule is CCCC(CN)N(C)CC1CCOCC1. The summed E-state index contributed by atoms with van der Waals surface area (Å²) in [4.78, 5) is 2.44. The third-order valence-corrected chi connectivity index (χ3v) is 3.40. The molecule has 0 spiro atoms. The van der Waals surface area contributed by atoms with Crippen LogP contribution in [-0.4, -0.2) is 44.3 Å². The smallest absolute Gasteiger partial charge is 0.0469 e. The van der Waals surface area contributed by atoms with Crippen LogP contribution in [0.25, 0.3) is 0 Å². The summed E-state index contributed by atoms with van der Waals surface area (Å²) in [7, 11) is 2.21. The van der Waals surface area contributed by atoms with Gasteiger partial charge in [-0.25, -0.2) is 0 Å². The van der Waals surface area contributed by atoms with E-state index in [4.69, 9.17) is 10.5 Å². The van der Waals surface area contributed by atoms with Gasteiger partial charge in [0.25, 0.3) is 0 Å². The number of rotatable bonds is 6. The number of hydrogen-bond acceptors (Lipinski definition) is 3. The van der Waals surface area contributed by atoms with E-state index in [1.54, 1.807) is 0 Å². The monoisotopic (exact) mass is 214 g/mol. The average molecular weight is 214 g/mol. The first-order chi connectivity index (χ1) is 7.27. The van der Waals surface area contributed by atoms with Crippen LogP contribution in [-0.2, 0) is 4.74 Å². The molecule has 15 heavy (non-hydrogen) atoms. The first kappa shape index (κ1) is 12.9. The summed E-state index contributed by atoms with van der Waals surface area (Å²) in [6.07, 6.45) is 4.87. The molecule has 0 radical (unpaired) electrons. The molecule has 0 aromatic rings. The number of ether oxygens (including phenoxy) is 1. The van der Waals surface area contributed by atoms with E-state index in [1.165, 1.54) is 32.2 Å². The Labute approximate surface area is 94.0 Å². The normalized spacial score (nSPS) is 20.8. The molecule has 1 atom stereocenters. The molecule has 1 saturated heterocycles. The first-order valence-electron chi connectivity index (χ1n) is 6.26. The molecule has 0 bridgehead atoms. The van der Waals surface area contributed by atoms with Crippen molar-refractivity contribution in [1.82, 2.24) is 4.90 Å². The number of likely N-dealkylation sites (N-methyl/N-ethyl adjacent to an activating group) is 1. The lowest BCUT2D eigenvalue weighted by atomic mass is 9.98. The zero-order chi connectivity index (χ0) is 11.1. The quantitative estimate of drug-likeness (QED) is 0.728. The van der Waals surface area contributed by atoms with Crippen LogP contribution in [0.4, 0.5) is 0 Å². The molecule has 0 aromatic heterocycles. The Kier molecular flexibility index (Phi) is 6.22. The topological polar surface area (TPSA) is 38.5 Å². The Hall–Kier alpha value is -0.120. The predicted molar refractivity (Wildman–Crippen MR) is 63.9 cm³/mol. The number of nitrogens with two attached hydrogens (primary N) is 1. The van der Waals surface area contributed by atoms with Crippen LogP contribution in [0, 0.1) is 5.92 Å². The molecule has 0 amide bonds. The van der Waals surface area contributed by atoms with Gasteiger partial charge in [-0.3, -0.25) is 0 Å². The van der Waals surface area contributed by atoms with E-state index in [-0.39, 0.29) is 0 Å². The number of nitrogens with zero attached hydrogens (tertiary/aromatic N) is 1. The molecule has 1 aliphatic rings. The summed E-state index contributed by atoms with van der Waals surface area (Å²) in [6, 6.07) is 0.567. The molecule has 0 saturated carbocycles. The van der Waals surface area contributed by atoms with Gasteiger partial charge in [-0.15, -0.1) is 0 Å². The maximum atomic E-state index is 5.80. The fourth-order valence-electron chi connectivity index (χ4n) is 2.34. The molecule has 0 aromatic carbocycles. The van der Waals surface area contributed by atoms with Crippen LogP contribution in [0.15, 0.2) is 0 Å². The molecule has 0 aliphatic carbocycles. The van der Waals surface area contributed by atoms with Crippen molar-refractivity contribution in [2.24, 2.45) is 11.7 Å². The van der Waals surface area contributed by atoms with E-state index in [2.05, 4.69) is 18.9 Å². The van der Waals surface area contributed by atoms with Gasteiger partial charge in [0.1, 0.15) is 0 Å². The molecule has 1 rings (SSSR count). The minimum atomic E-state index is 0.567. The van der Waals surface area contributed by atoms with Crippen molar-refractivity contribution < 1.29 is 4.74 Å². The Morgan fingerprint density at radius 2 is 2.07 bits per heavy atom. The molecule has 1 fully saturated rings. The van der Waals surface area contributed by atoms with Crippen molar-refractivity contribution in [2.75, 3.05) is 33.4 Å². The maximum absolute atomic E-state index is 5.80. The van der Waals surface area contributed by atoms with Crippen LogP contribution in [0.1, 0.15) is 32.6 Å². The van der Waals surface area contributed by atoms with Crippen LogP contribution in [0.2, 0.25) is 0 Å². The van der Waals surface area contributed by atoms with Crippen molar-refractivity contribution in [2.45, 2.75) is 38.6 Å². The van der Waals surface area contributed by atoms with Gasteiger partial charge in [-0.1, -0.05) is 13.3 Å². The molecule has 3 nitrogen and oxygen atoms in total. The van der Waals surface area contributed by atoms with Crippen molar-refractivity contribution in [3.05, 3.63) is 0 Å².